The van der Waals surface area contributed by atoms with Crippen molar-refractivity contribution in [2.45, 2.75) is 26.4 Å². The van der Waals surface area contributed by atoms with Crippen molar-refractivity contribution >= 4 is 18.0 Å². The molecule has 5 nitrogen and oxygen atoms in total. The fourth-order valence-electron chi connectivity index (χ4n) is 3.06. The molecule has 1 heterocycles. The van der Waals surface area contributed by atoms with Gasteiger partial charge in [0.15, 0.2) is 5.60 Å². The van der Waals surface area contributed by atoms with Gasteiger partial charge in [0.1, 0.15) is 11.5 Å². The first kappa shape index (κ1) is 20.0. The number of esters is 1. The highest BCUT2D eigenvalue weighted by molar-refractivity contribution is 5.90. The van der Waals surface area contributed by atoms with Crippen LogP contribution in [0, 0.1) is 19.7 Å². The van der Waals surface area contributed by atoms with E-state index in [2.05, 4.69) is 4.99 Å². The second kappa shape index (κ2) is 8.10. The Kier molecular flexibility index (Phi) is 5.79. The summed E-state index contributed by atoms with van der Waals surface area (Å²) in [4.78, 5) is 18.7. The Morgan fingerprint density at radius 1 is 1.32 bits per heavy atom. The molecule has 1 saturated heterocycles. The lowest BCUT2D eigenvalue weighted by atomic mass is 9.87. The Morgan fingerprint density at radius 3 is 2.68 bits per heavy atom. The van der Waals surface area contributed by atoms with E-state index >= 15 is 0 Å². The molecule has 0 spiro atoms. The number of carbonyl (C=O) groups is 1. The first-order valence-electron chi connectivity index (χ1n) is 9.27. The second-order valence-electron chi connectivity index (χ2n) is 7.18. The minimum atomic E-state index is -0.978. The quantitative estimate of drug-likeness (QED) is 0.427. The fourth-order valence-corrected chi connectivity index (χ4v) is 3.06. The van der Waals surface area contributed by atoms with Gasteiger partial charge in [0.25, 0.3) is 0 Å². The molecule has 0 saturated carbocycles. The summed E-state index contributed by atoms with van der Waals surface area (Å²) in [6.45, 7) is 6.93. The van der Waals surface area contributed by atoms with E-state index in [4.69, 9.17) is 9.47 Å². The number of aliphatic imine (C=N–C) groups is 1. The van der Waals surface area contributed by atoms with Crippen LogP contribution in [-0.4, -0.2) is 44.0 Å². The highest BCUT2D eigenvalue weighted by Crippen LogP contribution is 2.38. The summed E-state index contributed by atoms with van der Waals surface area (Å²) >= 11 is 0. The van der Waals surface area contributed by atoms with Crippen molar-refractivity contribution in [3.05, 3.63) is 64.5 Å². The smallest absolute Gasteiger partial charge is 0.339 e. The molecular weight excluding hydrogens is 359 g/mol. The minimum absolute atomic E-state index is 0.200. The van der Waals surface area contributed by atoms with Gasteiger partial charge in [-0.3, -0.25) is 0 Å². The molecule has 148 valence electrons. The summed E-state index contributed by atoms with van der Waals surface area (Å²) in [5.74, 6) is -0.905. The van der Waals surface area contributed by atoms with E-state index < -0.39 is 17.4 Å². The average molecular weight is 384 g/mol. The van der Waals surface area contributed by atoms with Gasteiger partial charge in [-0.1, -0.05) is 17.7 Å². The standard InChI is InChI=1S/C22H25FN2O3/c1-5-25(4)14-24-20-10-16(3)18(11-19(20)23)22(12-27-13-22)28-21(26)17-8-6-7-15(2)9-17/h6-11,14H,5,12-13H2,1-4H3. The molecule has 0 aliphatic carbocycles. The average Bonchev–Trinajstić information content (AvgIpc) is 2.64. The molecule has 1 aliphatic rings. The lowest BCUT2D eigenvalue weighted by Crippen LogP contribution is -2.50. The zero-order valence-electron chi connectivity index (χ0n) is 16.7. The summed E-state index contributed by atoms with van der Waals surface area (Å²) in [5, 5.41) is 0. The predicted molar refractivity (Wildman–Crippen MR) is 107 cm³/mol. The zero-order chi connectivity index (χ0) is 20.3. The first-order chi connectivity index (χ1) is 13.3. The van der Waals surface area contributed by atoms with Crippen LogP contribution in [0.2, 0.25) is 0 Å². The summed E-state index contributed by atoms with van der Waals surface area (Å²) in [7, 11) is 1.87. The highest BCUT2D eigenvalue weighted by atomic mass is 19.1. The van der Waals surface area contributed by atoms with E-state index in [9.17, 15) is 9.18 Å². The van der Waals surface area contributed by atoms with Crippen molar-refractivity contribution in [3.63, 3.8) is 0 Å². The molecule has 0 atom stereocenters. The topological polar surface area (TPSA) is 51.1 Å². The number of benzene rings is 2. The van der Waals surface area contributed by atoms with Gasteiger partial charge in [0.2, 0.25) is 0 Å². The van der Waals surface area contributed by atoms with Gasteiger partial charge in [-0.05, 0) is 50.6 Å². The lowest BCUT2D eigenvalue weighted by Gasteiger charge is -2.41. The van der Waals surface area contributed by atoms with Crippen molar-refractivity contribution in [1.29, 1.82) is 0 Å². The van der Waals surface area contributed by atoms with Gasteiger partial charge in [0.05, 0.1) is 25.1 Å². The maximum absolute atomic E-state index is 14.7. The van der Waals surface area contributed by atoms with Crippen molar-refractivity contribution in [2.24, 2.45) is 4.99 Å². The number of carbonyl (C=O) groups excluding carboxylic acids is 1. The summed E-state index contributed by atoms with van der Waals surface area (Å²) in [5.41, 5.74) is 2.12. The molecule has 28 heavy (non-hydrogen) atoms. The number of hydrogen-bond acceptors (Lipinski definition) is 4. The number of hydrogen-bond donors (Lipinski definition) is 0. The van der Waals surface area contributed by atoms with Gasteiger partial charge in [-0.25, -0.2) is 14.2 Å². The Bertz CT molecular complexity index is 907. The number of halogens is 1. The second-order valence-corrected chi connectivity index (χ2v) is 7.18. The Hall–Kier alpha value is -2.73. The number of nitrogens with zero attached hydrogens (tertiary/aromatic N) is 2. The van der Waals surface area contributed by atoms with Crippen LogP contribution >= 0.6 is 0 Å². The first-order valence-corrected chi connectivity index (χ1v) is 9.27. The predicted octanol–water partition coefficient (Wildman–Crippen LogP) is 4.14. The van der Waals surface area contributed by atoms with Crippen LogP contribution in [0.5, 0.6) is 0 Å². The maximum Gasteiger partial charge on any atom is 0.339 e. The largest absolute Gasteiger partial charge is 0.446 e. The number of rotatable bonds is 6. The van der Waals surface area contributed by atoms with Crippen molar-refractivity contribution in [3.8, 4) is 0 Å². The Morgan fingerprint density at radius 2 is 2.07 bits per heavy atom. The van der Waals surface area contributed by atoms with Gasteiger partial charge < -0.3 is 14.4 Å². The van der Waals surface area contributed by atoms with Gasteiger partial charge in [0, 0.05) is 19.2 Å². The maximum atomic E-state index is 14.7. The summed E-state index contributed by atoms with van der Waals surface area (Å²) < 4.78 is 25.8. The monoisotopic (exact) mass is 384 g/mol. The van der Waals surface area contributed by atoms with E-state index in [1.807, 2.05) is 38.8 Å². The van der Waals surface area contributed by atoms with E-state index in [1.165, 1.54) is 6.07 Å². The molecule has 3 rings (SSSR count). The lowest BCUT2D eigenvalue weighted by molar-refractivity contribution is -0.187. The molecule has 0 bridgehead atoms. The van der Waals surface area contributed by atoms with E-state index in [-0.39, 0.29) is 18.9 Å². The van der Waals surface area contributed by atoms with E-state index in [1.54, 1.807) is 30.6 Å². The Balaban J connectivity index is 1.88. The Labute approximate surface area is 164 Å². The van der Waals surface area contributed by atoms with Crippen LogP contribution < -0.4 is 0 Å². The third kappa shape index (κ3) is 4.07. The molecule has 0 aromatic heterocycles. The van der Waals surface area contributed by atoms with Crippen LogP contribution in [-0.2, 0) is 15.1 Å². The fraction of sp³-hybridized carbons (Fsp3) is 0.364. The molecule has 2 aromatic rings. The molecular formula is C22H25FN2O3. The van der Waals surface area contributed by atoms with Crippen molar-refractivity contribution in [2.75, 3.05) is 26.8 Å². The van der Waals surface area contributed by atoms with Crippen molar-refractivity contribution in [1.82, 2.24) is 4.90 Å². The molecule has 1 fully saturated rings. The zero-order valence-corrected chi connectivity index (χ0v) is 16.7. The van der Waals surface area contributed by atoms with Crippen LogP contribution in [0.1, 0.15) is 34.0 Å². The highest BCUT2D eigenvalue weighted by Gasteiger charge is 2.46. The summed E-state index contributed by atoms with van der Waals surface area (Å²) in [6, 6.07) is 10.3. The van der Waals surface area contributed by atoms with Crippen LogP contribution in [0.15, 0.2) is 41.4 Å². The van der Waals surface area contributed by atoms with Gasteiger partial charge in [-0.2, -0.15) is 0 Å². The normalized spacial score (nSPS) is 15.3. The molecule has 0 amide bonds. The summed E-state index contributed by atoms with van der Waals surface area (Å²) in [6.07, 6.45) is 1.59. The minimum Gasteiger partial charge on any atom is -0.446 e. The van der Waals surface area contributed by atoms with Gasteiger partial charge >= 0.3 is 5.97 Å². The molecule has 0 N–H and O–H groups in total. The number of ether oxygens (including phenoxy) is 2. The molecule has 0 unspecified atom stereocenters. The van der Waals surface area contributed by atoms with Gasteiger partial charge in [-0.15, -0.1) is 0 Å². The number of aryl methyl sites for hydroxylation is 2. The molecule has 2 aromatic carbocycles. The van der Waals surface area contributed by atoms with E-state index in [0.29, 0.717) is 11.1 Å². The third-order valence-corrected chi connectivity index (χ3v) is 4.89. The van der Waals surface area contributed by atoms with Crippen LogP contribution in [0.25, 0.3) is 0 Å². The van der Waals surface area contributed by atoms with Crippen LogP contribution in [0.4, 0.5) is 10.1 Å². The van der Waals surface area contributed by atoms with Crippen LogP contribution in [0.3, 0.4) is 0 Å². The van der Waals surface area contributed by atoms with E-state index in [0.717, 1.165) is 17.7 Å². The molecule has 6 heteroatoms. The molecule has 0 radical (unpaired) electrons. The SMILES string of the molecule is CCN(C)C=Nc1cc(C)c(C2(OC(=O)c3cccc(C)c3)COC2)cc1F. The third-order valence-electron chi connectivity index (χ3n) is 4.89. The molecule has 1 aliphatic heterocycles. The van der Waals surface area contributed by atoms with Crippen molar-refractivity contribution < 1.29 is 18.7 Å².